The fourth-order valence-electron chi connectivity index (χ4n) is 5.01. The molecule has 2 N–H and O–H groups in total. The van der Waals surface area contributed by atoms with Crippen molar-refractivity contribution in [3.05, 3.63) is 81.9 Å². The number of nitro groups is 1. The van der Waals surface area contributed by atoms with Crippen LogP contribution in [-0.2, 0) is 19.5 Å². The fourth-order valence-corrected chi connectivity index (χ4v) is 5.01. The number of nitrogens with zero attached hydrogens (tertiary/aromatic N) is 8. The predicted octanol–water partition coefficient (Wildman–Crippen LogP) is 4.94. The van der Waals surface area contributed by atoms with E-state index in [4.69, 9.17) is 9.72 Å². The summed E-state index contributed by atoms with van der Waals surface area (Å²) in [5, 5.41) is 28.4. The number of anilines is 1. The van der Waals surface area contributed by atoms with Crippen molar-refractivity contribution in [2.24, 2.45) is 0 Å². The van der Waals surface area contributed by atoms with Crippen LogP contribution in [-0.4, -0.2) is 45.1 Å². The second kappa shape index (κ2) is 11.4. The summed E-state index contributed by atoms with van der Waals surface area (Å²) >= 11 is 0. The van der Waals surface area contributed by atoms with Crippen molar-refractivity contribution in [1.29, 1.82) is 0 Å². The average molecular weight is 541 g/mol. The molecule has 1 aliphatic rings. The summed E-state index contributed by atoms with van der Waals surface area (Å²) in [5.41, 5.74) is 3.54. The van der Waals surface area contributed by atoms with E-state index in [0.717, 1.165) is 5.56 Å². The molecule has 13 nitrogen and oxygen atoms in total. The molecule has 0 bridgehead atoms. The molecule has 2 aromatic carbocycles. The number of aryl methyl sites for hydroxylation is 2. The first-order valence-electron chi connectivity index (χ1n) is 13.3. The molecule has 3 heterocycles. The smallest absolute Gasteiger partial charge is 0.269 e. The third kappa shape index (κ3) is 5.72. The van der Waals surface area contributed by atoms with Crippen LogP contribution in [0.25, 0.3) is 11.2 Å². The number of non-ortho nitro benzene ring substituents is 1. The molecule has 40 heavy (non-hydrogen) atoms. The molecular weight excluding hydrogens is 512 g/mol. The zero-order valence-electron chi connectivity index (χ0n) is 21.7. The van der Waals surface area contributed by atoms with Crippen molar-refractivity contribution >= 4 is 22.8 Å². The van der Waals surface area contributed by atoms with Crippen molar-refractivity contribution in [2.45, 2.75) is 57.5 Å². The van der Waals surface area contributed by atoms with Crippen LogP contribution in [0.4, 0.5) is 11.6 Å². The van der Waals surface area contributed by atoms with E-state index in [1.807, 2.05) is 4.57 Å². The van der Waals surface area contributed by atoms with Gasteiger partial charge in [-0.25, -0.2) is 4.98 Å². The molecule has 204 valence electrons. The molecule has 5 aromatic rings. The van der Waals surface area contributed by atoms with Gasteiger partial charge in [0.1, 0.15) is 5.75 Å². The molecule has 0 spiro atoms. The summed E-state index contributed by atoms with van der Waals surface area (Å²) in [4.78, 5) is 24.4. The molecule has 13 heteroatoms. The fraction of sp³-hybridized carbons (Fsp3) is 0.333. The Morgan fingerprint density at radius 1 is 1.05 bits per heavy atom. The molecule has 0 aliphatic heterocycles. The third-order valence-corrected chi connectivity index (χ3v) is 7.17. The van der Waals surface area contributed by atoms with E-state index < -0.39 is 4.92 Å². The summed E-state index contributed by atoms with van der Waals surface area (Å²) in [6.45, 7) is 1.05. The number of rotatable bonds is 10. The van der Waals surface area contributed by atoms with Crippen LogP contribution < -0.4 is 10.1 Å². The van der Waals surface area contributed by atoms with Gasteiger partial charge in [0, 0.05) is 31.6 Å². The molecule has 1 fully saturated rings. The van der Waals surface area contributed by atoms with Gasteiger partial charge in [-0.1, -0.05) is 48.7 Å². The Labute approximate surface area is 229 Å². The van der Waals surface area contributed by atoms with Gasteiger partial charge >= 0.3 is 0 Å². The van der Waals surface area contributed by atoms with Gasteiger partial charge in [-0.15, -0.1) is 10.2 Å². The monoisotopic (exact) mass is 540 g/mol. The first-order valence-corrected chi connectivity index (χ1v) is 13.3. The Balaban J connectivity index is 1.24. The van der Waals surface area contributed by atoms with Crippen molar-refractivity contribution in [3.63, 3.8) is 0 Å². The molecule has 0 saturated heterocycles. The standard InChI is InChI=1S/C27H28N10O3/c38-37(39)21-10-12-22(13-11-21)40-26-24-25(36(17-29-24)15-14-23-32-34-35-33-23)30-27(31-26)28-16-18-6-8-20(9-7-18)19-4-2-1-3-5-19/h6-13,17,19H,1-5,14-16H2,(H,28,30,31)(H,32,33,34,35). The van der Waals surface area contributed by atoms with Crippen LogP contribution in [0.15, 0.2) is 54.9 Å². The predicted molar refractivity (Wildman–Crippen MR) is 146 cm³/mol. The molecule has 1 saturated carbocycles. The number of aromatic amines is 1. The van der Waals surface area contributed by atoms with E-state index >= 15 is 0 Å². The highest BCUT2D eigenvalue weighted by Gasteiger charge is 2.18. The van der Waals surface area contributed by atoms with E-state index in [1.165, 1.54) is 61.9 Å². The van der Waals surface area contributed by atoms with Gasteiger partial charge < -0.3 is 14.6 Å². The molecule has 1 aliphatic carbocycles. The van der Waals surface area contributed by atoms with Crippen LogP contribution >= 0.6 is 0 Å². The molecular formula is C27H28N10O3. The lowest BCUT2D eigenvalue weighted by molar-refractivity contribution is -0.384. The zero-order chi connectivity index (χ0) is 27.3. The molecule has 6 rings (SSSR count). The van der Waals surface area contributed by atoms with Crippen LogP contribution in [0, 0.1) is 10.1 Å². The number of imidazole rings is 1. The average Bonchev–Trinajstić information content (AvgIpc) is 3.66. The lowest BCUT2D eigenvalue weighted by Gasteiger charge is -2.22. The van der Waals surface area contributed by atoms with Gasteiger partial charge in [0.15, 0.2) is 17.0 Å². The number of nitrogens with one attached hydrogen (secondary N) is 2. The first-order chi connectivity index (χ1) is 19.6. The minimum atomic E-state index is -0.457. The van der Waals surface area contributed by atoms with Crippen LogP contribution in [0.5, 0.6) is 11.6 Å². The van der Waals surface area contributed by atoms with Gasteiger partial charge in [0.05, 0.1) is 11.3 Å². The summed E-state index contributed by atoms with van der Waals surface area (Å²) in [7, 11) is 0. The van der Waals surface area contributed by atoms with Crippen LogP contribution in [0.2, 0.25) is 0 Å². The number of aromatic nitrogens is 8. The van der Waals surface area contributed by atoms with Crippen molar-refractivity contribution in [1.82, 2.24) is 40.1 Å². The Hall–Kier alpha value is -4.94. The Kier molecular flexibility index (Phi) is 7.24. The van der Waals surface area contributed by atoms with Gasteiger partial charge in [0.25, 0.3) is 11.6 Å². The summed E-state index contributed by atoms with van der Waals surface area (Å²) in [6.07, 6.45) is 8.69. The van der Waals surface area contributed by atoms with E-state index in [1.54, 1.807) is 6.33 Å². The largest absolute Gasteiger partial charge is 0.437 e. The number of hydrogen-bond acceptors (Lipinski definition) is 10. The SMILES string of the molecule is O=[N+]([O-])c1ccc(Oc2nc(NCc3ccc(C4CCCCC4)cc3)nc3c2ncn3CCc2nn[nH]n2)cc1. The Morgan fingerprint density at radius 3 is 2.58 bits per heavy atom. The Bertz CT molecular complexity index is 1580. The maximum Gasteiger partial charge on any atom is 0.269 e. The molecule has 0 atom stereocenters. The van der Waals surface area contributed by atoms with E-state index in [9.17, 15) is 10.1 Å². The maximum atomic E-state index is 11.0. The number of hydrogen-bond donors (Lipinski definition) is 2. The van der Waals surface area contributed by atoms with Crippen LogP contribution in [0.3, 0.4) is 0 Å². The van der Waals surface area contributed by atoms with Gasteiger partial charge in [-0.05, 0) is 42.0 Å². The minimum absolute atomic E-state index is 0.0252. The van der Waals surface area contributed by atoms with Gasteiger partial charge in [-0.2, -0.15) is 15.2 Å². The maximum absolute atomic E-state index is 11.0. The van der Waals surface area contributed by atoms with E-state index in [-0.39, 0.29) is 11.6 Å². The molecule has 0 radical (unpaired) electrons. The summed E-state index contributed by atoms with van der Waals surface area (Å²) < 4.78 is 7.91. The van der Waals surface area contributed by atoms with Gasteiger partial charge in [0.2, 0.25) is 5.95 Å². The summed E-state index contributed by atoms with van der Waals surface area (Å²) in [6, 6.07) is 14.6. The number of H-pyrrole nitrogens is 1. The quantitative estimate of drug-likeness (QED) is 0.183. The summed E-state index contributed by atoms with van der Waals surface area (Å²) in [5.74, 6) is 2.26. The number of fused-ring (bicyclic) bond motifs is 1. The van der Waals surface area contributed by atoms with Crippen LogP contribution in [0.1, 0.15) is 55.0 Å². The van der Waals surface area contributed by atoms with E-state index in [0.29, 0.717) is 54.1 Å². The highest BCUT2D eigenvalue weighted by molar-refractivity contribution is 5.78. The number of tetrazole rings is 1. The number of nitro benzene ring substituents is 1. The first kappa shape index (κ1) is 25.3. The highest BCUT2D eigenvalue weighted by atomic mass is 16.6. The lowest BCUT2D eigenvalue weighted by atomic mass is 9.84. The van der Waals surface area contributed by atoms with Crippen molar-refractivity contribution in [2.75, 3.05) is 5.32 Å². The van der Waals surface area contributed by atoms with Crippen molar-refractivity contribution in [3.8, 4) is 11.6 Å². The van der Waals surface area contributed by atoms with Gasteiger partial charge in [-0.3, -0.25) is 10.1 Å². The molecule has 0 unspecified atom stereocenters. The second-order valence-electron chi connectivity index (χ2n) is 9.82. The molecule has 3 aromatic heterocycles. The second-order valence-corrected chi connectivity index (χ2v) is 9.82. The topological polar surface area (TPSA) is 162 Å². The highest BCUT2D eigenvalue weighted by Crippen LogP contribution is 2.33. The minimum Gasteiger partial charge on any atom is -0.437 e. The van der Waals surface area contributed by atoms with E-state index in [2.05, 4.69) is 60.2 Å². The lowest BCUT2D eigenvalue weighted by Crippen LogP contribution is -2.08. The number of benzene rings is 2. The van der Waals surface area contributed by atoms with Crippen molar-refractivity contribution < 1.29 is 9.66 Å². The zero-order valence-corrected chi connectivity index (χ0v) is 21.7. The molecule has 0 amide bonds. The normalized spacial score (nSPS) is 13.9. The number of ether oxygens (including phenoxy) is 1. The Morgan fingerprint density at radius 2 is 1.85 bits per heavy atom. The third-order valence-electron chi connectivity index (χ3n) is 7.17.